The van der Waals surface area contributed by atoms with Crippen LogP contribution in [0.3, 0.4) is 0 Å². The molecule has 0 unspecified atom stereocenters. The molecule has 0 aliphatic heterocycles. The summed E-state index contributed by atoms with van der Waals surface area (Å²) in [6, 6.07) is 8.71. The molecule has 0 radical (unpaired) electrons. The largest absolute Gasteiger partial charge is 0.435 e. The van der Waals surface area contributed by atoms with Crippen LogP contribution in [-0.4, -0.2) is 23.2 Å². The summed E-state index contributed by atoms with van der Waals surface area (Å²) in [5.41, 5.74) is 7.82. The summed E-state index contributed by atoms with van der Waals surface area (Å²) in [7, 11) is 1.53. The van der Waals surface area contributed by atoms with E-state index in [2.05, 4.69) is 22.4 Å². The van der Waals surface area contributed by atoms with E-state index < -0.39 is 0 Å². The third kappa shape index (κ3) is 3.03. The monoisotopic (exact) mass is 272 g/mol. The van der Waals surface area contributed by atoms with Gasteiger partial charge in [0.15, 0.2) is 11.4 Å². The van der Waals surface area contributed by atoms with Gasteiger partial charge in [0, 0.05) is 13.1 Å². The molecule has 0 saturated heterocycles. The second kappa shape index (κ2) is 6.01. The van der Waals surface area contributed by atoms with E-state index in [1.165, 1.54) is 13.1 Å². The molecule has 2 rings (SSSR count). The van der Waals surface area contributed by atoms with Crippen LogP contribution in [0.25, 0.3) is 0 Å². The topological polar surface area (TPSA) is 90.1 Å². The van der Waals surface area contributed by atoms with E-state index in [-0.39, 0.29) is 17.5 Å². The standard InChI is InChI=1S/C14H16N4O2/c1-3-9-4-6-12(10(15)8-9)20-13-7-5-11(17-18-13)14(19)16-2/h4-8H,3,15H2,1-2H3,(H,16,19). The summed E-state index contributed by atoms with van der Waals surface area (Å²) in [5, 5.41) is 10.1. The van der Waals surface area contributed by atoms with Crippen LogP contribution in [0.4, 0.5) is 5.69 Å². The van der Waals surface area contributed by atoms with Gasteiger partial charge < -0.3 is 15.8 Å². The van der Waals surface area contributed by atoms with Crippen molar-refractivity contribution in [2.45, 2.75) is 13.3 Å². The Hall–Kier alpha value is -2.63. The number of aryl methyl sites for hydroxylation is 1. The molecule has 0 atom stereocenters. The molecule has 3 N–H and O–H groups in total. The first-order valence-electron chi connectivity index (χ1n) is 6.26. The van der Waals surface area contributed by atoms with Crippen LogP contribution in [0.5, 0.6) is 11.6 Å². The number of carbonyl (C=O) groups excluding carboxylic acids is 1. The van der Waals surface area contributed by atoms with E-state index in [1.54, 1.807) is 12.1 Å². The van der Waals surface area contributed by atoms with Gasteiger partial charge in [-0.1, -0.05) is 13.0 Å². The van der Waals surface area contributed by atoms with Gasteiger partial charge in [-0.15, -0.1) is 10.2 Å². The molecule has 0 aliphatic rings. The Kier molecular flexibility index (Phi) is 4.14. The SMILES string of the molecule is CCc1ccc(Oc2ccc(C(=O)NC)nn2)c(N)c1. The van der Waals surface area contributed by atoms with E-state index in [9.17, 15) is 4.79 Å². The molecule has 1 aromatic heterocycles. The van der Waals surface area contributed by atoms with Crippen LogP contribution in [-0.2, 0) is 6.42 Å². The van der Waals surface area contributed by atoms with Gasteiger partial charge in [-0.25, -0.2) is 0 Å². The molecule has 0 spiro atoms. The first-order valence-corrected chi connectivity index (χ1v) is 6.26. The summed E-state index contributed by atoms with van der Waals surface area (Å²) >= 11 is 0. The highest BCUT2D eigenvalue weighted by Gasteiger charge is 2.08. The Morgan fingerprint density at radius 1 is 1.30 bits per heavy atom. The van der Waals surface area contributed by atoms with Crippen molar-refractivity contribution in [3.63, 3.8) is 0 Å². The van der Waals surface area contributed by atoms with E-state index in [4.69, 9.17) is 10.5 Å². The molecule has 6 nitrogen and oxygen atoms in total. The zero-order valence-electron chi connectivity index (χ0n) is 11.4. The first-order chi connectivity index (χ1) is 9.63. The minimum atomic E-state index is -0.295. The maximum atomic E-state index is 11.3. The van der Waals surface area contributed by atoms with Crippen LogP contribution in [0, 0.1) is 0 Å². The summed E-state index contributed by atoms with van der Waals surface area (Å²) in [6.07, 6.45) is 0.908. The smallest absolute Gasteiger partial charge is 0.271 e. The number of hydrogen-bond donors (Lipinski definition) is 2. The number of hydrogen-bond acceptors (Lipinski definition) is 5. The van der Waals surface area contributed by atoms with Crippen molar-refractivity contribution in [1.29, 1.82) is 0 Å². The Morgan fingerprint density at radius 2 is 2.10 bits per heavy atom. The number of carbonyl (C=O) groups is 1. The number of nitrogens with two attached hydrogens (primary N) is 1. The second-order valence-electron chi connectivity index (χ2n) is 4.16. The quantitative estimate of drug-likeness (QED) is 0.828. The van der Waals surface area contributed by atoms with Crippen molar-refractivity contribution in [3.05, 3.63) is 41.6 Å². The Morgan fingerprint density at radius 3 is 2.65 bits per heavy atom. The van der Waals surface area contributed by atoms with E-state index in [0.717, 1.165) is 12.0 Å². The lowest BCUT2D eigenvalue weighted by atomic mass is 10.1. The predicted octanol–water partition coefficient (Wildman–Crippen LogP) is 1.77. The van der Waals surface area contributed by atoms with Gasteiger partial charge in [-0.2, -0.15) is 0 Å². The van der Waals surface area contributed by atoms with Gasteiger partial charge in [0.05, 0.1) is 5.69 Å². The number of nitrogens with zero attached hydrogens (tertiary/aromatic N) is 2. The summed E-state index contributed by atoms with van der Waals surface area (Å²) in [5.74, 6) is 0.508. The number of nitrogen functional groups attached to an aromatic ring is 1. The highest BCUT2D eigenvalue weighted by atomic mass is 16.5. The van der Waals surface area contributed by atoms with Gasteiger partial charge in [0.1, 0.15) is 0 Å². The maximum absolute atomic E-state index is 11.3. The zero-order chi connectivity index (χ0) is 14.5. The molecule has 1 amide bonds. The van der Waals surface area contributed by atoms with Gasteiger partial charge in [0.2, 0.25) is 5.88 Å². The molecular formula is C14H16N4O2. The molecule has 1 aromatic carbocycles. The summed E-state index contributed by atoms with van der Waals surface area (Å²) in [4.78, 5) is 11.3. The average molecular weight is 272 g/mol. The number of benzene rings is 1. The van der Waals surface area contributed by atoms with Crippen LogP contribution >= 0.6 is 0 Å². The lowest BCUT2D eigenvalue weighted by Crippen LogP contribution is -2.19. The van der Waals surface area contributed by atoms with Crippen molar-refractivity contribution < 1.29 is 9.53 Å². The number of amides is 1. The molecule has 0 fully saturated rings. The molecule has 20 heavy (non-hydrogen) atoms. The van der Waals surface area contributed by atoms with E-state index >= 15 is 0 Å². The fraction of sp³-hybridized carbons (Fsp3) is 0.214. The van der Waals surface area contributed by atoms with Gasteiger partial charge in [-0.3, -0.25) is 4.79 Å². The number of anilines is 1. The fourth-order valence-electron chi connectivity index (χ4n) is 1.65. The molecule has 0 bridgehead atoms. The van der Waals surface area contributed by atoms with Crippen LogP contribution in [0.15, 0.2) is 30.3 Å². The van der Waals surface area contributed by atoms with Crippen LogP contribution in [0.2, 0.25) is 0 Å². The lowest BCUT2D eigenvalue weighted by molar-refractivity contribution is 0.0957. The molecular weight excluding hydrogens is 256 g/mol. The number of ether oxygens (including phenoxy) is 1. The molecule has 0 aliphatic carbocycles. The van der Waals surface area contributed by atoms with Crippen LogP contribution in [0.1, 0.15) is 23.0 Å². The zero-order valence-corrected chi connectivity index (χ0v) is 11.4. The number of rotatable bonds is 4. The van der Waals surface area contributed by atoms with Crippen molar-refractivity contribution in [1.82, 2.24) is 15.5 Å². The average Bonchev–Trinajstić information content (AvgIpc) is 2.49. The first kappa shape index (κ1) is 13.8. The molecule has 1 heterocycles. The number of aromatic nitrogens is 2. The van der Waals surface area contributed by atoms with Crippen molar-refractivity contribution in [2.24, 2.45) is 0 Å². The lowest BCUT2D eigenvalue weighted by Gasteiger charge is -2.08. The second-order valence-corrected chi connectivity index (χ2v) is 4.16. The predicted molar refractivity (Wildman–Crippen MR) is 75.7 cm³/mol. The Balaban J connectivity index is 2.16. The number of nitrogens with one attached hydrogen (secondary N) is 1. The molecule has 2 aromatic rings. The minimum absolute atomic E-state index is 0.231. The van der Waals surface area contributed by atoms with Gasteiger partial charge in [0.25, 0.3) is 5.91 Å². The third-order valence-corrected chi connectivity index (χ3v) is 2.80. The normalized spacial score (nSPS) is 10.1. The Bertz CT molecular complexity index is 611. The summed E-state index contributed by atoms with van der Waals surface area (Å²) in [6.45, 7) is 2.05. The van der Waals surface area contributed by atoms with Gasteiger partial charge in [-0.05, 0) is 30.2 Å². The molecule has 104 valence electrons. The van der Waals surface area contributed by atoms with Crippen LogP contribution < -0.4 is 15.8 Å². The highest BCUT2D eigenvalue weighted by molar-refractivity contribution is 5.91. The molecule has 6 heteroatoms. The summed E-state index contributed by atoms with van der Waals surface area (Å²) < 4.78 is 5.55. The Labute approximate surface area is 117 Å². The van der Waals surface area contributed by atoms with Crippen molar-refractivity contribution >= 4 is 11.6 Å². The van der Waals surface area contributed by atoms with Gasteiger partial charge >= 0.3 is 0 Å². The maximum Gasteiger partial charge on any atom is 0.271 e. The highest BCUT2D eigenvalue weighted by Crippen LogP contribution is 2.27. The van der Waals surface area contributed by atoms with Crippen molar-refractivity contribution in [3.8, 4) is 11.6 Å². The fourth-order valence-corrected chi connectivity index (χ4v) is 1.65. The molecule has 0 saturated carbocycles. The van der Waals surface area contributed by atoms with E-state index in [0.29, 0.717) is 11.4 Å². The van der Waals surface area contributed by atoms with Crippen molar-refractivity contribution in [2.75, 3.05) is 12.8 Å². The third-order valence-electron chi connectivity index (χ3n) is 2.80. The minimum Gasteiger partial charge on any atom is -0.435 e. The van der Waals surface area contributed by atoms with E-state index in [1.807, 2.05) is 12.1 Å².